The van der Waals surface area contributed by atoms with Gasteiger partial charge in [-0.05, 0) is 5.92 Å². The van der Waals surface area contributed by atoms with Crippen molar-refractivity contribution >= 4 is 0 Å². The normalized spacial score (nSPS) is 27.2. The van der Waals surface area contributed by atoms with Gasteiger partial charge in [-0.3, -0.25) is 0 Å². The SMILES string of the molecule is CC.CCCCCCCCC(C)[C-](C(C)CCCCCCCC)C1CC(C)CCCC1C1[CH-]CC(C)CC1.[Y]. The van der Waals surface area contributed by atoms with Gasteiger partial charge in [-0.15, -0.1) is 0 Å². The molecule has 0 aromatic carbocycles. The minimum absolute atomic E-state index is 0. The molecule has 7 atom stereocenters. The maximum absolute atomic E-state index is 2.80. The summed E-state index contributed by atoms with van der Waals surface area (Å²) >= 11 is 0. The zero-order valence-corrected chi connectivity index (χ0v) is 31.4. The predicted molar refractivity (Wildman–Crippen MR) is 174 cm³/mol. The largest absolute Gasteiger partial charge is 0.325 e. The molecular weight excluding hydrogens is 545 g/mol. The molecule has 0 saturated heterocycles. The number of hydrogen-bond acceptors (Lipinski definition) is 0. The van der Waals surface area contributed by atoms with Gasteiger partial charge in [0.25, 0.3) is 0 Å². The molecule has 2 saturated carbocycles. The van der Waals surface area contributed by atoms with Crippen LogP contribution in [0.3, 0.4) is 0 Å². The van der Waals surface area contributed by atoms with Gasteiger partial charge in [0.1, 0.15) is 0 Å². The molecular formula is C38H74Y-2. The summed E-state index contributed by atoms with van der Waals surface area (Å²) in [7, 11) is 0. The van der Waals surface area contributed by atoms with Crippen LogP contribution in [-0.4, -0.2) is 0 Å². The molecule has 231 valence electrons. The summed E-state index contributed by atoms with van der Waals surface area (Å²) in [4.78, 5) is 0. The molecule has 2 fully saturated rings. The summed E-state index contributed by atoms with van der Waals surface area (Å²) in [5.74, 6) is 8.26. The first-order valence-corrected chi connectivity index (χ1v) is 18.2. The molecule has 1 heteroatoms. The van der Waals surface area contributed by atoms with Gasteiger partial charge in [0.15, 0.2) is 0 Å². The number of hydrogen-bond donors (Lipinski definition) is 0. The van der Waals surface area contributed by atoms with Crippen molar-refractivity contribution in [2.45, 2.75) is 190 Å². The Kier molecular flexibility index (Phi) is 26.3. The van der Waals surface area contributed by atoms with E-state index >= 15 is 0 Å². The van der Waals surface area contributed by atoms with Crippen LogP contribution in [-0.2, 0) is 32.7 Å². The van der Waals surface area contributed by atoms with E-state index in [-0.39, 0.29) is 32.7 Å². The Labute approximate surface area is 275 Å². The molecule has 0 aliphatic heterocycles. The van der Waals surface area contributed by atoms with Gasteiger partial charge < -0.3 is 12.3 Å². The Bertz CT molecular complexity index is 485. The molecule has 0 nitrogen and oxygen atoms in total. The van der Waals surface area contributed by atoms with Crippen LogP contribution >= 0.6 is 0 Å². The van der Waals surface area contributed by atoms with Crippen molar-refractivity contribution in [2.24, 2.45) is 41.4 Å². The molecule has 0 heterocycles. The third kappa shape index (κ3) is 16.5. The molecule has 2 aliphatic rings. The Morgan fingerprint density at radius 1 is 0.667 bits per heavy atom. The zero-order valence-electron chi connectivity index (χ0n) is 28.5. The van der Waals surface area contributed by atoms with Crippen LogP contribution in [0.1, 0.15) is 190 Å². The summed E-state index contributed by atoms with van der Waals surface area (Å²) in [6.45, 7) is 19.0. The fourth-order valence-corrected chi connectivity index (χ4v) is 8.05. The van der Waals surface area contributed by atoms with Crippen molar-refractivity contribution in [2.75, 3.05) is 0 Å². The van der Waals surface area contributed by atoms with Crippen molar-refractivity contribution in [1.29, 1.82) is 0 Å². The van der Waals surface area contributed by atoms with Crippen molar-refractivity contribution < 1.29 is 32.7 Å². The average Bonchev–Trinajstić information content (AvgIpc) is 3.11. The van der Waals surface area contributed by atoms with E-state index in [1.807, 2.05) is 19.8 Å². The fraction of sp³-hybridized carbons (Fsp3) is 0.947. The van der Waals surface area contributed by atoms with Gasteiger partial charge in [0.2, 0.25) is 0 Å². The van der Waals surface area contributed by atoms with Crippen LogP contribution < -0.4 is 0 Å². The van der Waals surface area contributed by atoms with Gasteiger partial charge in [0, 0.05) is 32.7 Å². The molecule has 0 aromatic heterocycles. The van der Waals surface area contributed by atoms with E-state index in [0.717, 1.165) is 41.4 Å². The van der Waals surface area contributed by atoms with E-state index in [0.29, 0.717) is 0 Å². The first-order valence-electron chi connectivity index (χ1n) is 18.2. The molecule has 0 aromatic rings. The van der Waals surface area contributed by atoms with Gasteiger partial charge in [-0.1, -0.05) is 196 Å². The Balaban J connectivity index is 0.00000470. The monoisotopic (exact) mass is 619 g/mol. The average molecular weight is 620 g/mol. The van der Waals surface area contributed by atoms with E-state index in [4.69, 9.17) is 0 Å². The zero-order chi connectivity index (χ0) is 28.2. The fourth-order valence-electron chi connectivity index (χ4n) is 8.05. The molecule has 1 radical (unpaired) electrons. The topological polar surface area (TPSA) is 0 Å². The van der Waals surface area contributed by atoms with Gasteiger partial charge in [-0.2, -0.15) is 30.1 Å². The van der Waals surface area contributed by atoms with Gasteiger partial charge in [-0.25, -0.2) is 0 Å². The van der Waals surface area contributed by atoms with E-state index in [2.05, 4.69) is 48.0 Å². The quantitative estimate of drug-likeness (QED) is 0.0813. The Morgan fingerprint density at radius 3 is 1.67 bits per heavy atom. The summed E-state index contributed by atoms with van der Waals surface area (Å²) in [5, 5.41) is 0. The number of unbranched alkanes of at least 4 members (excludes halogenated alkanes) is 10. The van der Waals surface area contributed by atoms with Crippen LogP contribution in [0.25, 0.3) is 0 Å². The smallest absolute Gasteiger partial charge is 0 e. The summed E-state index contributed by atoms with van der Waals surface area (Å²) in [6, 6.07) is 0. The minimum atomic E-state index is 0. The van der Waals surface area contributed by atoms with Gasteiger partial charge >= 0.3 is 0 Å². The molecule has 0 spiro atoms. The second-order valence-corrected chi connectivity index (χ2v) is 13.8. The van der Waals surface area contributed by atoms with Crippen LogP contribution in [0.4, 0.5) is 0 Å². The third-order valence-electron chi connectivity index (χ3n) is 10.3. The van der Waals surface area contributed by atoms with Crippen LogP contribution in [0.15, 0.2) is 0 Å². The third-order valence-corrected chi connectivity index (χ3v) is 10.3. The molecule has 39 heavy (non-hydrogen) atoms. The van der Waals surface area contributed by atoms with E-state index in [1.165, 1.54) is 135 Å². The minimum Gasteiger partial charge on any atom is -0.325 e. The van der Waals surface area contributed by atoms with Crippen molar-refractivity contribution in [3.05, 3.63) is 12.3 Å². The number of rotatable bonds is 18. The molecule has 2 rings (SSSR count). The maximum atomic E-state index is 2.80. The standard InChI is InChI=1S/C36H68.C2H6.Y/c1-7-9-11-13-15-17-21-31(5)36(32(6)22-18-16-14-12-10-8-2)35-28-30(4)20-19-23-34(35)33-26-24-29(3)25-27-33;1-2;/h26,29-35H,7-25,27-28H2,1-6H3;1-2H3;/q-2;;. The van der Waals surface area contributed by atoms with Crippen LogP contribution in [0.2, 0.25) is 0 Å². The molecule has 0 bridgehead atoms. The summed E-state index contributed by atoms with van der Waals surface area (Å²) < 4.78 is 0. The summed E-state index contributed by atoms with van der Waals surface area (Å²) in [5.41, 5.74) is 0. The predicted octanol–water partition coefficient (Wildman–Crippen LogP) is 13.4. The van der Waals surface area contributed by atoms with E-state index in [9.17, 15) is 0 Å². The molecule has 0 amide bonds. The second-order valence-electron chi connectivity index (χ2n) is 13.8. The van der Waals surface area contributed by atoms with Crippen molar-refractivity contribution in [3.63, 3.8) is 0 Å². The van der Waals surface area contributed by atoms with Crippen molar-refractivity contribution in [1.82, 2.24) is 0 Å². The van der Waals surface area contributed by atoms with Crippen LogP contribution in [0.5, 0.6) is 0 Å². The molecule has 2 aliphatic carbocycles. The molecule has 0 N–H and O–H groups in total. The van der Waals surface area contributed by atoms with Crippen molar-refractivity contribution in [3.8, 4) is 0 Å². The first-order chi connectivity index (χ1) is 18.5. The van der Waals surface area contributed by atoms with Crippen LogP contribution in [0, 0.1) is 53.8 Å². The first kappa shape index (κ1) is 40.1. The molecule has 7 unspecified atom stereocenters. The van der Waals surface area contributed by atoms with E-state index < -0.39 is 0 Å². The Hall–Kier alpha value is 1.10. The summed E-state index contributed by atoms with van der Waals surface area (Å²) in [6.07, 6.45) is 33.2. The Morgan fingerprint density at radius 2 is 1.18 bits per heavy atom. The second kappa shape index (κ2) is 25.6. The maximum Gasteiger partial charge on any atom is 0 e. The van der Waals surface area contributed by atoms with E-state index in [1.54, 1.807) is 0 Å². The van der Waals surface area contributed by atoms with Gasteiger partial charge in [0.05, 0.1) is 0 Å².